The maximum absolute atomic E-state index is 14.3. The highest BCUT2D eigenvalue weighted by atomic mass is 19.1. The second kappa shape index (κ2) is 8.24. The summed E-state index contributed by atoms with van der Waals surface area (Å²) >= 11 is 0. The van der Waals surface area contributed by atoms with Crippen LogP contribution in [0, 0.1) is 12.7 Å². The van der Waals surface area contributed by atoms with Crippen molar-refractivity contribution in [1.82, 2.24) is 10.0 Å². The van der Waals surface area contributed by atoms with Crippen LogP contribution in [0.3, 0.4) is 0 Å². The van der Waals surface area contributed by atoms with Crippen molar-refractivity contribution < 1.29 is 23.2 Å². The lowest BCUT2D eigenvalue weighted by Gasteiger charge is -2.17. The van der Waals surface area contributed by atoms with E-state index >= 15 is 0 Å². The number of carbonyl (C=O) groups excluding carboxylic acids is 1. The minimum atomic E-state index is -0.651. The number of amides is 1. The van der Waals surface area contributed by atoms with Crippen LogP contribution in [0.25, 0.3) is 11.0 Å². The number of aryl methyl sites for hydroxylation is 1. The third-order valence-electron chi connectivity index (χ3n) is 4.16. The number of methoxy groups -OCH3 is 1. The third-order valence-corrected chi connectivity index (χ3v) is 4.16. The number of ether oxygens (including phenoxy) is 1. The molecule has 1 amide bonds. The Morgan fingerprint density at radius 3 is 2.79 bits per heavy atom. The number of hydrogen-bond acceptors (Lipinski definition) is 6. The largest absolute Gasteiger partial charge is 0.463 e. The summed E-state index contributed by atoms with van der Waals surface area (Å²) in [6.45, 7) is 2.17. The zero-order valence-electron chi connectivity index (χ0n) is 15.7. The van der Waals surface area contributed by atoms with E-state index in [0.29, 0.717) is 0 Å². The lowest BCUT2D eigenvalue weighted by molar-refractivity contribution is 0.00895. The number of hydrogen-bond donors (Lipinski definition) is 2. The van der Waals surface area contributed by atoms with Gasteiger partial charge in [0, 0.05) is 14.2 Å². The van der Waals surface area contributed by atoms with E-state index in [2.05, 4.69) is 10.8 Å². The Hall–Kier alpha value is -3.17. The number of furan rings is 1. The lowest BCUT2D eigenvalue weighted by atomic mass is 10.1. The van der Waals surface area contributed by atoms with Crippen LogP contribution < -0.4 is 16.4 Å². The van der Waals surface area contributed by atoms with E-state index in [4.69, 9.17) is 14.0 Å². The predicted octanol–water partition coefficient (Wildman–Crippen LogP) is 2.63. The van der Waals surface area contributed by atoms with Gasteiger partial charge in [-0.2, -0.15) is 0 Å². The first kappa shape index (κ1) is 19.6. The molecule has 0 aliphatic carbocycles. The highest BCUT2D eigenvalue weighted by Crippen LogP contribution is 2.28. The summed E-state index contributed by atoms with van der Waals surface area (Å²) in [5.41, 5.74) is 2.83. The van der Waals surface area contributed by atoms with Gasteiger partial charge in [-0.3, -0.25) is 19.0 Å². The molecule has 0 unspecified atom stereocenters. The fourth-order valence-corrected chi connectivity index (χ4v) is 2.73. The van der Waals surface area contributed by atoms with Gasteiger partial charge in [0.2, 0.25) is 0 Å². The van der Waals surface area contributed by atoms with E-state index in [0.717, 1.165) is 5.56 Å². The average molecular weight is 389 g/mol. The number of nitrogens with one attached hydrogen (secondary N) is 2. The van der Waals surface area contributed by atoms with Crippen LogP contribution in [0.2, 0.25) is 0 Å². The summed E-state index contributed by atoms with van der Waals surface area (Å²) < 4.78 is 25.8. The Balaban J connectivity index is 2.08. The second-order valence-electron chi connectivity index (χ2n) is 6.13. The van der Waals surface area contributed by atoms with Crippen molar-refractivity contribution in [3.8, 4) is 0 Å². The number of rotatable bonds is 7. The molecule has 28 heavy (non-hydrogen) atoms. The van der Waals surface area contributed by atoms with Gasteiger partial charge in [0.1, 0.15) is 17.2 Å². The summed E-state index contributed by atoms with van der Waals surface area (Å²) in [7, 11) is 2.98. The average Bonchev–Trinajstić information content (AvgIpc) is 3.14. The van der Waals surface area contributed by atoms with Crippen molar-refractivity contribution in [1.29, 1.82) is 0 Å². The first-order valence-corrected chi connectivity index (χ1v) is 8.48. The molecule has 0 radical (unpaired) electrons. The third kappa shape index (κ3) is 3.75. The number of benzene rings is 1. The first-order chi connectivity index (χ1) is 13.4. The molecule has 0 spiro atoms. The van der Waals surface area contributed by atoms with Crippen molar-refractivity contribution >= 4 is 28.4 Å². The molecule has 2 heterocycles. The number of halogens is 1. The minimum Gasteiger partial charge on any atom is -0.463 e. The molecule has 0 aliphatic heterocycles. The minimum absolute atomic E-state index is 0.0134. The Bertz CT molecular complexity index is 1070. The normalized spacial score (nSPS) is 11.0. The van der Waals surface area contributed by atoms with Crippen LogP contribution in [-0.4, -0.2) is 30.8 Å². The second-order valence-corrected chi connectivity index (χ2v) is 6.13. The number of nitrogens with zero attached hydrogens (tertiary/aromatic N) is 1. The number of fused-ring (bicyclic) bond motifs is 1. The highest BCUT2D eigenvalue weighted by Gasteiger charge is 2.24. The SMILES string of the molecule is COCCONC(=O)c1c(Nc2ccc(C)cc2F)n(C)c(=O)c2ccoc12. The molecule has 0 bridgehead atoms. The standard InChI is InChI=1S/C19H20FN3O5/c1-11-4-5-14(13(20)10-11)21-17-15(18(24)22-28-9-8-26-3)16-12(6-7-27-16)19(25)23(17)2/h4-7,10,21H,8-9H2,1-3H3,(H,22,24). The van der Waals surface area contributed by atoms with Crippen LogP contribution >= 0.6 is 0 Å². The summed E-state index contributed by atoms with van der Waals surface area (Å²) in [6, 6.07) is 6.05. The van der Waals surface area contributed by atoms with E-state index in [1.807, 2.05) is 0 Å². The molecule has 0 saturated carbocycles. The van der Waals surface area contributed by atoms with E-state index in [1.54, 1.807) is 13.0 Å². The van der Waals surface area contributed by atoms with Gasteiger partial charge in [-0.25, -0.2) is 9.87 Å². The van der Waals surface area contributed by atoms with Gasteiger partial charge in [-0.05, 0) is 30.7 Å². The molecule has 3 aromatic rings. The highest BCUT2D eigenvalue weighted by molar-refractivity contribution is 6.09. The fraction of sp³-hybridized carbons (Fsp3) is 0.263. The molecule has 8 nitrogen and oxygen atoms in total. The quantitative estimate of drug-likeness (QED) is 0.477. The van der Waals surface area contributed by atoms with E-state index in [9.17, 15) is 14.0 Å². The number of carbonyl (C=O) groups is 1. The van der Waals surface area contributed by atoms with Gasteiger partial charge in [-0.1, -0.05) is 6.07 Å². The van der Waals surface area contributed by atoms with Gasteiger partial charge < -0.3 is 14.5 Å². The molecule has 148 valence electrons. The van der Waals surface area contributed by atoms with Gasteiger partial charge in [-0.15, -0.1) is 0 Å². The number of pyridine rings is 1. The molecule has 2 aromatic heterocycles. The Labute approximate surface area is 159 Å². The maximum Gasteiger partial charge on any atom is 0.282 e. The first-order valence-electron chi connectivity index (χ1n) is 8.48. The number of anilines is 2. The summed E-state index contributed by atoms with van der Waals surface area (Å²) in [5, 5.41) is 3.05. The van der Waals surface area contributed by atoms with Crippen LogP contribution in [0.1, 0.15) is 15.9 Å². The van der Waals surface area contributed by atoms with E-state index in [-0.39, 0.29) is 41.3 Å². The molecule has 0 aliphatic rings. The Morgan fingerprint density at radius 1 is 1.29 bits per heavy atom. The van der Waals surface area contributed by atoms with Crippen LogP contribution in [0.5, 0.6) is 0 Å². The molecule has 9 heteroatoms. The zero-order valence-corrected chi connectivity index (χ0v) is 15.7. The van der Waals surface area contributed by atoms with Crippen molar-refractivity contribution in [2.45, 2.75) is 6.92 Å². The van der Waals surface area contributed by atoms with Crippen molar-refractivity contribution in [3.63, 3.8) is 0 Å². The molecule has 2 N–H and O–H groups in total. The number of aromatic nitrogens is 1. The topological polar surface area (TPSA) is 94.7 Å². The monoisotopic (exact) mass is 389 g/mol. The summed E-state index contributed by atoms with van der Waals surface area (Å²) in [6.07, 6.45) is 1.31. The molecule has 0 fully saturated rings. The van der Waals surface area contributed by atoms with Crippen LogP contribution in [0.4, 0.5) is 15.9 Å². The van der Waals surface area contributed by atoms with Gasteiger partial charge in [0.25, 0.3) is 11.5 Å². The predicted molar refractivity (Wildman–Crippen MR) is 101 cm³/mol. The van der Waals surface area contributed by atoms with Crippen LogP contribution in [0.15, 0.2) is 39.7 Å². The van der Waals surface area contributed by atoms with Crippen molar-refractivity contribution in [3.05, 3.63) is 57.8 Å². The maximum atomic E-state index is 14.3. The number of hydroxylamine groups is 1. The Kier molecular flexibility index (Phi) is 5.76. The van der Waals surface area contributed by atoms with E-state index < -0.39 is 17.3 Å². The molecular formula is C19H20FN3O5. The van der Waals surface area contributed by atoms with Gasteiger partial charge in [0.05, 0.1) is 30.6 Å². The lowest BCUT2D eigenvalue weighted by Crippen LogP contribution is -2.30. The van der Waals surface area contributed by atoms with Crippen molar-refractivity contribution in [2.75, 3.05) is 25.6 Å². The molecule has 1 aromatic carbocycles. The zero-order chi connectivity index (χ0) is 20.3. The molecule has 0 atom stereocenters. The summed E-state index contributed by atoms with van der Waals surface area (Å²) in [5.74, 6) is -1.10. The van der Waals surface area contributed by atoms with Gasteiger partial charge in [0.15, 0.2) is 5.58 Å². The smallest absolute Gasteiger partial charge is 0.282 e. The van der Waals surface area contributed by atoms with Crippen molar-refractivity contribution in [2.24, 2.45) is 7.05 Å². The van der Waals surface area contributed by atoms with E-state index in [1.165, 1.54) is 43.2 Å². The fourth-order valence-electron chi connectivity index (χ4n) is 2.73. The molecular weight excluding hydrogens is 369 g/mol. The Morgan fingerprint density at radius 2 is 2.07 bits per heavy atom. The molecule has 3 rings (SSSR count). The molecule has 0 saturated heterocycles. The van der Waals surface area contributed by atoms with Gasteiger partial charge >= 0.3 is 0 Å². The summed E-state index contributed by atoms with van der Waals surface area (Å²) in [4.78, 5) is 30.4. The van der Waals surface area contributed by atoms with Crippen LogP contribution in [-0.2, 0) is 16.6 Å².